The molecule has 7 heteroatoms. The van der Waals surface area contributed by atoms with Gasteiger partial charge in [-0.25, -0.2) is 4.98 Å². The summed E-state index contributed by atoms with van der Waals surface area (Å²) < 4.78 is 0. The fourth-order valence-corrected chi connectivity index (χ4v) is 2.72. The molecule has 1 aromatic heterocycles. The number of thiazole rings is 1. The second-order valence-corrected chi connectivity index (χ2v) is 6.09. The molecular weight excluding hydrogens is 310 g/mol. The van der Waals surface area contributed by atoms with Crippen molar-refractivity contribution >= 4 is 23.2 Å². The predicted molar refractivity (Wildman–Crippen MR) is 93.7 cm³/mol. The van der Waals surface area contributed by atoms with Crippen LogP contribution in [-0.2, 0) is 13.0 Å². The first kappa shape index (κ1) is 17.0. The summed E-state index contributed by atoms with van der Waals surface area (Å²) in [7, 11) is 1.72. The number of hydrogen-bond donors (Lipinski definition) is 3. The highest BCUT2D eigenvalue weighted by atomic mass is 32.1. The number of aromatic nitrogens is 1. The number of carbonyl (C=O) groups is 1. The van der Waals surface area contributed by atoms with Crippen LogP contribution < -0.4 is 16.4 Å². The Balaban J connectivity index is 1.80. The van der Waals surface area contributed by atoms with Crippen molar-refractivity contribution in [3.05, 3.63) is 51.5 Å². The molecule has 1 heterocycles. The molecular formula is C16H21N5OS. The van der Waals surface area contributed by atoms with Crippen LogP contribution in [-0.4, -0.2) is 30.4 Å². The lowest BCUT2D eigenvalue weighted by Gasteiger charge is -2.11. The van der Waals surface area contributed by atoms with Gasteiger partial charge in [-0.3, -0.25) is 9.79 Å². The Kier molecular flexibility index (Phi) is 6.10. The van der Waals surface area contributed by atoms with E-state index in [0.717, 1.165) is 29.2 Å². The molecule has 23 heavy (non-hydrogen) atoms. The molecule has 4 N–H and O–H groups in total. The standard InChI is InChI=1S/C16H21N5OS/c1-11-21-14(10-23-11)6-7-19-16(18-2)20-9-12-4-3-5-13(8-12)15(17)22/h3-5,8,10H,6-7,9H2,1-2H3,(H2,17,22)(H2,18,19,20). The second kappa shape index (κ2) is 8.28. The number of amides is 1. The maximum absolute atomic E-state index is 11.2. The van der Waals surface area contributed by atoms with Gasteiger partial charge in [0, 0.05) is 37.5 Å². The summed E-state index contributed by atoms with van der Waals surface area (Å²) in [4.78, 5) is 19.8. The molecule has 0 saturated carbocycles. The third kappa shape index (κ3) is 5.37. The van der Waals surface area contributed by atoms with Gasteiger partial charge in [0.05, 0.1) is 10.7 Å². The van der Waals surface area contributed by atoms with Crippen molar-refractivity contribution in [2.75, 3.05) is 13.6 Å². The molecule has 0 unspecified atom stereocenters. The predicted octanol–water partition coefficient (Wildman–Crippen LogP) is 1.46. The first-order valence-corrected chi connectivity index (χ1v) is 8.20. The number of hydrogen-bond acceptors (Lipinski definition) is 4. The monoisotopic (exact) mass is 331 g/mol. The Labute approximate surface area is 139 Å². The molecule has 0 spiro atoms. The van der Waals surface area contributed by atoms with Gasteiger partial charge < -0.3 is 16.4 Å². The van der Waals surface area contributed by atoms with Crippen LogP contribution in [0.4, 0.5) is 0 Å². The SMILES string of the molecule is CN=C(NCCc1csc(C)n1)NCc1cccc(C(N)=O)c1. The van der Waals surface area contributed by atoms with Crippen LogP contribution >= 0.6 is 11.3 Å². The summed E-state index contributed by atoms with van der Waals surface area (Å²) >= 11 is 1.66. The number of guanidine groups is 1. The Bertz CT molecular complexity index is 695. The fraction of sp³-hybridized carbons (Fsp3) is 0.312. The van der Waals surface area contributed by atoms with E-state index in [1.165, 1.54) is 0 Å². The summed E-state index contributed by atoms with van der Waals surface area (Å²) in [5, 5.41) is 9.61. The van der Waals surface area contributed by atoms with E-state index in [-0.39, 0.29) is 0 Å². The number of nitrogens with one attached hydrogen (secondary N) is 2. The zero-order valence-corrected chi connectivity index (χ0v) is 14.1. The summed E-state index contributed by atoms with van der Waals surface area (Å²) in [5.74, 6) is 0.286. The average molecular weight is 331 g/mol. The highest BCUT2D eigenvalue weighted by Gasteiger charge is 2.03. The number of carbonyl (C=O) groups excluding carboxylic acids is 1. The maximum Gasteiger partial charge on any atom is 0.248 e. The van der Waals surface area contributed by atoms with Crippen molar-refractivity contribution in [1.29, 1.82) is 0 Å². The molecule has 0 radical (unpaired) electrons. The van der Waals surface area contributed by atoms with Gasteiger partial charge in [-0.05, 0) is 24.6 Å². The normalized spacial score (nSPS) is 11.3. The second-order valence-electron chi connectivity index (χ2n) is 5.03. The lowest BCUT2D eigenvalue weighted by molar-refractivity contribution is 0.1000. The maximum atomic E-state index is 11.2. The molecule has 0 atom stereocenters. The van der Waals surface area contributed by atoms with E-state index in [1.54, 1.807) is 30.5 Å². The number of aryl methyl sites for hydroxylation is 1. The molecule has 6 nitrogen and oxygen atoms in total. The van der Waals surface area contributed by atoms with E-state index < -0.39 is 5.91 Å². The van der Waals surface area contributed by atoms with Gasteiger partial charge in [-0.1, -0.05) is 12.1 Å². The summed E-state index contributed by atoms with van der Waals surface area (Å²) in [6.07, 6.45) is 0.849. The highest BCUT2D eigenvalue weighted by molar-refractivity contribution is 7.09. The van der Waals surface area contributed by atoms with Crippen molar-refractivity contribution in [1.82, 2.24) is 15.6 Å². The zero-order chi connectivity index (χ0) is 16.7. The molecule has 0 aliphatic carbocycles. The summed E-state index contributed by atoms with van der Waals surface area (Å²) in [5.41, 5.74) is 7.85. The Morgan fingerprint density at radius 1 is 1.39 bits per heavy atom. The molecule has 0 saturated heterocycles. The van der Waals surface area contributed by atoms with Crippen LogP contribution in [0, 0.1) is 6.92 Å². The number of nitrogens with two attached hydrogens (primary N) is 1. The topological polar surface area (TPSA) is 92.4 Å². The van der Waals surface area contributed by atoms with E-state index in [2.05, 4.69) is 26.0 Å². The number of benzene rings is 1. The number of rotatable bonds is 6. The van der Waals surface area contributed by atoms with Crippen LogP contribution in [0.25, 0.3) is 0 Å². The largest absolute Gasteiger partial charge is 0.366 e. The summed E-state index contributed by atoms with van der Waals surface area (Å²) in [6.45, 7) is 3.32. The smallest absolute Gasteiger partial charge is 0.248 e. The molecule has 0 fully saturated rings. The van der Waals surface area contributed by atoms with Gasteiger partial charge in [-0.15, -0.1) is 11.3 Å². The quantitative estimate of drug-likeness (QED) is 0.552. The van der Waals surface area contributed by atoms with Crippen molar-refractivity contribution in [3.63, 3.8) is 0 Å². The van der Waals surface area contributed by atoms with Gasteiger partial charge in [0.25, 0.3) is 0 Å². The lowest BCUT2D eigenvalue weighted by Crippen LogP contribution is -2.37. The summed E-state index contributed by atoms with van der Waals surface area (Å²) in [6, 6.07) is 7.23. The molecule has 1 amide bonds. The van der Waals surface area contributed by atoms with Crippen LogP contribution in [0.1, 0.15) is 26.6 Å². The Morgan fingerprint density at radius 2 is 2.22 bits per heavy atom. The molecule has 0 aliphatic heterocycles. The van der Waals surface area contributed by atoms with Gasteiger partial charge in [0.2, 0.25) is 5.91 Å². The molecule has 122 valence electrons. The van der Waals surface area contributed by atoms with Crippen LogP contribution in [0.3, 0.4) is 0 Å². The van der Waals surface area contributed by atoms with Crippen LogP contribution in [0.5, 0.6) is 0 Å². The Hall–Kier alpha value is -2.41. The molecule has 0 aliphatic rings. The van der Waals surface area contributed by atoms with Crippen molar-refractivity contribution in [2.24, 2.45) is 10.7 Å². The van der Waals surface area contributed by atoms with Gasteiger partial charge in [0.1, 0.15) is 0 Å². The van der Waals surface area contributed by atoms with Crippen LogP contribution in [0.15, 0.2) is 34.6 Å². The number of aliphatic imine (C=N–C) groups is 1. The van der Waals surface area contributed by atoms with Crippen molar-refractivity contribution in [3.8, 4) is 0 Å². The first-order valence-electron chi connectivity index (χ1n) is 7.32. The van der Waals surface area contributed by atoms with E-state index in [0.29, 0.717) is 18.1 Å². The van der Waals surface area contributed by atoms with E-state index in [4.69, 9.17) is 5.73 Å². The van der Waals surface area contributed by atoms with E-state index in [1.807, 2.05) is 19.1 Å². The fourth-order valence-electron chi connectivity index (χ4n) is 2.07. The molecule has 1 aromatic carbocycles. The minimum atomic E-state index is -0.423. The minimum absolute atomic E-state index is 0.423. The molecule has 2 aromatic rings. The molecule has 2 rings (SSSR count). The number of primary amides is 1. The third-order valence-electron chi connectivity index (χ3n) is 3.24. The molecule has 0 bridgehead atoms. The average Bonchev–Trinajstić information content (AvgIpc) is 2.96. The van der Waals surface area contributed by atoms with Gasteiger partial charge in [0.15, 0.2) is 5.96 Å². The van der Waals surface area contributed by atoms with Crippen molar-refractivity contribution < 1.29 is 4.79 Å². The van der Waals surface area contributed by atoms with E-state index in [9.17, 15) is 4.79 Å². The lowest BCUT2D eigenvalue weighted by atomic mass is 10.1. The van der Waals surface area contributed by atoms with Gasteiger partial charge >= 0.3 is 0 Å². The van der Waals surface area contributed by atoms with Crippen LogP contribution in [0.2, 0.25) is 0 Å². The Morgan fingerprint density at radius 3 is 2.87 bits per heavy atom. The number of nitrogens with zero attached hydrogens (tertiary/aromatic N) is 2. The highest BCUT2D eigenvalue weighted by Crippen LogP contribution is 2.07. The zero-order valence-electron chi connectivity index (χ0n) is 13.3. The third-order valence-corrected chi connectivity index (χ3v) is 4.06. The minimum Gasteiger partial charge on any atom is -0.366 e. The van der Waals surface area contributed by atoms with Crippen molar-refractivity contribution in [2.45, 2.75) is 19.9 Å². The van der Waals surface area contributed by atoms with Gasteiger partial charge in [-0.2, -0.15) is 0 Å². The first-order chi connectivity index (χ1) is 11.1. The van der Waals surface area contributed by atoms with E-state index >= 15 is 0 Å².